The molecular weight excluding hydrogens is 369 g/mol. The maximum absolute atomic E-state index is 12.2. The molecule has 2 N–H and O–H groups in total. The molecular formula is C13H10F5N5O3. The number of nitro groups is 1. The van der Waals surface area contributed by atoms with Gasteiger partial charge >= 0.3 is 18.5 Å². The van der Waals surface area contributed by atoms with Gasteiger partial charge in [-0.05, 0) is 24.3 Å². The van der Waals surface area contributed by atoms with E-state index in [1.54, 1.807) is 0 Å². The molecule has 0 atom stereocenters. The molecule has 0 fully saturated rings. The molecule has 8 nitrogen and oxygen atoms in total. The van der Waals surface area contributed by atoms with Gasteiger partial charge in [-0.1, -0.05) is 0 Å². The largest absolute Gasteiger partial charge is 0.435 e. The van der Waals surface area contributed by atoms with E-state index >= 15 is 0 Å². The molecule has 0 unspecified atom stereocenters. The first-order valence-corrected chi connectivity index (χ1v) is 6.78. The molecule has 26 heavy (non-hydrogen) atoms. The summed E-state index contributed by atoms with van der Waals surface area (Å²) in [5, 5.41) is 15.4. The lowest BCUT2D eigenvalue weighted by Crippen LogP contribution is -2.22. The Morgan fingerprint density at radius 3 is 2.42 bits per heavy atom. The predicted octanol–water partition coefficient (Wildman–Crippen LogP) is 3.70. The molecule has 1 aromatic carbocycles. The summed E-state index contributed by atoms with van der Waals surface area (Å²) in [4.78, 5) is 17.3. The third-order valence-electron chi connectivity index (χ3n) is 2.76. The SMILES string of the molecule is O=[N+]([O-])c1cnc(NCC(F)(F)F)nc1Nc1ccc(OC(F)F)cc1. The van der Waals surface area contributed by atoms with Crippen LogP contribution in [0.5, 0.6) is 5.75 Å². The van der Waals surface area contributed by atoms with E-state index in [0.29, 0.717) is 0 Å². The number of nitrogens with one attached hydrogen (secondary N) is 2. The highest BCUT2D eigenvalue weighted by Gasteiger charge is 2.27. The lowest BCUT2D eigenvalue weighted by molar-refractivity contribution is -0.384. The van der Waals surface area contributed by atoms with Gasteiger partial charge in [0.05, 0.1) is 4.92 Å². The molecule has 0 spiro atoms. The van der Waals surface area contributed by atoms with E-state index in [4.69, 9.17) is 0 Å². The third-order valence-corrected chi connectivity index (χ3v) is 2.76. The molecule has 0 radical (unpaired) electrons. The molecule has 140 valence electrons. The molecule has 0 saturated carbocycles. The van der Waals surface area contributed by atoms with Crippen LogP contribution in [0.25, 0.3) is 0 Å². The molecule has 0 aliphatic rings. The van der Waals surface area contributed by atoms with Gasteiger partial charge in [0, 0.05) is 5.69 Å². The average Bonchev–Trinajstić information content (AvgIpc) is 2.53. The van der Waals surface area contributed by atoms with Crippen LogP contribution in [0.15, 0.2) is 30.5 Å². The fraction of sp³-hybridized carbons (Fsp3) is 0.231. The Kier molecular flexibility index (Phi) is 5.69. The maximum Gasteiger partial charge on any atom is 0.405 e. The second-order valence-electron chi connectivity index (χ2n) is 4.68. The van der Waals surface area contributed by atoms with Crippen molar-refractivity contribution in [2.24, 2.45) is 0 Å². The van der Waals surface area contributed by atoms with E-state index in [9.17, 15) is 32.1 Å². The average molecular weight is 379 g/mol. The smallest absolute Gasteiger partial charge is 0.405 e. The highest BCUT2D eigenvalue weighted by atomic mass is 19.4. The Morgan fingerprint density at radius 1 is 1.23 bits per heavy atom. The number of rotatable bonds is 7. The lowest BCUT2D eigenvalue weighted by atomic mass is 10.3. The van der Waals surface area contributed by atoms with Gasteiger partial charge in [-0.25, -0.2) is 4.98 Å². The summed E-state index contributed by atoms with van der Waals surface area (Å²) in [5.74, 6) is -0.999. The van der Waals surface area contributed by atoms with Crippen molar-refractivity contribution in [2.75, 3.05) is 17.2 Å². The van der Waals surface area contributed by atoms with E-state index in [2.05, 4.69) is 20.0 Å². The number of aromatic nitrogens is 2. The van der Waals surface area contributed by atoms with E-state index in [1.165, 1.54) is 24.3 Å². The topological polar surface area (TPSA) is 102 Å². The normalized spacial score (nSPS) is 11.3. The summed E-state index contributed by atoms with van der Waals surface area (Å²) in [6.45, 7) is -4.44. The number of hydrogen-bond donors (Lipinski definition) is 2. The van der Waals surface area contributed by atoms with Crippen molar-refractivity contribution >= 4 is 23.1 Å². The van der Waals surface area contributed by atoms with Gasteiger partial charge < -0.3 is 15.4 Å². The molecule has 0 bridgehead atoms. The van der Waals surface area contributed by atoms with Crippen molar-refractivity contribution in [2.45, 2.75) is 12.8 Å². The van der Waals surface area contributed by atoms with Gasteiger partial charge in [0.25, 0.3) is 0 Å². The van der Waals surface area contributed by atoms with Crippen LogP contribution < -0.4 is 15.4 Å². The summed E-state index contributed by atoms with van der Waals surface area (Å²) in [5.41, 5.74) is -0.384. The Balaban J connectivity index is 2.21. The van der Waals surface area contributed by atoms with Crippen molar-refractivity contribution in [1.29, 1.82) is 0 Å². The molecule has 1 heterocycles. The van der Waals surface area contributed by atoms with Gasteiger partial charge in [-0.15, -0.1) is 0 Å². The molecule has 0 amide bonds. The quantitative estimate of drug-likeness (QED) is 0.430. The van der Waals surface area contributed by atoms with Crippen LogP contribution in [-0.4, -0.2) is 34.2 Å². The minimum Gasteiger partial charge on any atom is -0.435 e. The second-order valence-corrected chi connectivity index (χ2v) is 4.68. The highest BCUT2D eigenvalue weighted by Crippen LogP contribution is 2.27. The lowest BCUT2D eigenvalue weighted by Gasteiger charge is -2.11. The summed E-state index contributed by atoms with van der Waals surface area (Å²) in [7, 11) is 0. The molecule has 0 saturated heterocycles. The maximum atomic E-state index is 12.2. The molecule has 2 rings (SSSR count). The molecule has 1 aromatic heterocycles. The third kappa shape index (κ3) is 5.68. The zero-order valence-corrected chi connectivity index (χ0v) is 12.6. The fourth-order valence-electron chi connectivity index (χ4n) is 1.72. The van der Waals surface area contributed by atoms with Crippen LogP contribution in [0.3, 0.4) is 0 Å². The van der Waals surface area contributed by atoms with Gasteiger partial charge in [0.15, 0.2) is 0 Å². The summed E-state index contributed by atoms with van der Waals surface area (Å²) in [6, 6.07) is 4.88. The summed E-state index contributed by atoms with van der Waals surface area (Å²) < 4.78 is 65.0. The van der Waals surface area contributed by atoms with Crippen LogP contribution in [0.2, 0.25) is 0 Å². The number of nitrogens with zero attached hydrogens (tertiary/aromatic N) is 3. The summed E-state index contributed by atoms with van der Waals surface area (Å²) in [6.07, 6.45) is -3.79. The number of halogens is 5. The first-order valence-electron chi connectivity index (χ1n) is 6.78. The van der Waals surface area contributed by atoms with Crippen molar-refractivity contribution in [3.63, 3.8) is 0 Å². The number of alkyl halides is 5. The van der Waals surface area contributed by atoms with E-state index in [0.717, 1.165) is 6.20 Å². The van der Waals surface area contributed by atoms with Crippen LogP contribution in [-0.2, 0) is 0 Å². The Labute approximate surface area is 142 Å². The van der Waals surface area contributed by atoms with Gasteiger partial charge in [-0.3, -0.25) is 10.1 Å². The second kappa shape index (κ2) is 7.76. The van der Waals surface area contributed by atoms with Crippen LogP contribution >= 0.6 is 0 Å². The Morgan fingerprint density at radius 2 is 1.88 bits per heavy atom. The minimum atomic E-state index is -4.53. The standard InChI is InChI=1S/C13H10F5N5O3/c14-11(15)26-8-3-1-7(2-4-8)21-10-9(23(24)25)5-19-12(22-10)20-6-13(16,17)18/h1-5,11H,6H2,(H2,19,20,21,22). The van der Waals surface area contributed by atoms with Crippen molar-refractivity contribution in [1.82, 2.24) is 9.97 Å². The number of benzene rings is 1. The molecule has 13 heteroatoms. The minimum absolute atomic E-state index is 0.143. The van der Waals surface area contributed by atoms with E-state index in [-0.39, 0.29) is 17.3 Å². The van der Waals surface area contributed by atoms with Crippen molar-refractivity contribution < 1.29 is 31.6 Å². The Hall–Kier alpha value is -3.25. The van der Waals surface area contributed by atoms with E-state index < -0.39 is 35.9 Å². The number of ether oxygens (including phenoxy) is 1. The summed E-state index contributed by atoms with van der Waals surface area (Å²) >= 11 is 0. The highest BCUT2D eigenvalue weighted by molar-refractivity contribution is 5.66. The fourth-order valence-corrected chi connectivity index (χ4v) is 1.72. The molecule has 2 aromatic rings. The molecule has 0 aliphatic carbocycles. The zero-order chi connectivity index (χ0) is 19.3. The first-order chi connectivity index (χ1) is 12.1. The zero-order valence-electron chi connectivity index (χ0n) is 12.6. The Bertz CT molecular complexity index is 770. The van der Waals surface area contributed by atoms with Crippen LogP contribution in [0, 0.1) is 10.1 Å². The molecule has 0 aliphatic heterocycles. The predicted molar refractivity (Wildman–Crippen MR) is 79.6 cm³/mol. The van der Waals surface area contributed by atoms with Crippen molar-refractivity contribution in [3.8, 4) is 5.75 Å². The van der Waals surface area contributed by atoms with Gasteiger partial charge in [-0.2, -0.15) is 26.9 Å². The number of hydrogen-bond acceptors (Lipinski definition) is 7. The van der Waals surface area contributed by atoms with Crippen LogP contribution in [0.1, 0.15) is 0 Å². The monoisotopic (exact) mass is 379 g/mol. The first kappa shape index (κ1) is 19.1. The van der Waals surface area contributed by atoms with Gasteiger partial charge in [0.1, 0.15) is 18.5 Å². The number of anilines is 3. The van der Waals surface area contributed by atoms with Crippen LogP contribution in [0.4, 0.5) is 45.1 Å². The van der Waals surface area contributed by atoms with E-state index in [1.807, 2.05) is 5.32 Å². The van der Waals surface area contributed by atoms with Gasteiger partial charge in [0.2, 0.25) is 11.8 Å². The van der Waals surface area contributed by atoms with Crippen molar-refractivity contribution in [3.05, 3.63) is 40.6 Å².